The van der Waals surface area contributed by atoms with Gasteiger partial charge in [-0.3, -0.25) is 24.4 Å². The molecule has 0 spiro atoms. The lowest BCUT2D eigenvalue weighted by molar-refractivity contribution is -0.141. The molecule has 8 nitrogen and oxygen atoms in total. The average Bonchev–Trinajstić information content (AvgIpc) is 3.72. The molecule has 3 N–H and O–H groups in total. The van der Waals surface area contributed by atoms with Crippen LogP contribution in [0.3, 0.4) is 0 Å². The number of carbonyl (C=O) groups excluding carboxylic acids is 1. The molecule has 8 heteroatoms. The Balaban J connectivity index is 1.15. The number of hydrogen-bond acceptors (Lipinski definition) is 6. The number of nitrogens with one attached hydrogen (secondary N) is 1. The molecule has 6 rings (SSSR count). The van der Waals surface area contributed by atoms with Gasteiger partial charge in [0.1, 0.15) is 5.69 Å². The van der Waals surface area contributed by atoms with E-state index in [2.05, 4.69) is 89.4 Å². The lowest BCUT2D eigenvalue weighted by atomic mass is 9.92. The Morgan fingerprint density at radius 2 is 1.55 bits per heavy atom. The molecule has 0 bridgehead atoms. The normalized spacial score (nSPS) is 18.4. The van der Waals surface area contributed by atoms with E-state index in [4.69, 9.17) is 0 Å². The number of carboxylic acid groups (broad SMARTS) is 1. The fourth-order valence-electron chi connectivity index (χ4n) is 7.09. The molecule has 1 amide bonds. The first kappa shape index (κ1) is 34.2. The van der Waals surface area contributed by atoms with Crippen LogP contribution in [0.4, 0.5) is 5.69 Å². The Labute approximate surface area is 289 Å². The number of aliphatic hydroxyl groups excluding tert-OH is 1. The summed E-state index contributed by atoms with van der Waals surface area (Å²) in [6, 6.07) is 20.5. The van der Waals surface area contributed by atoms with Gasteiger partial charge in [0.05, 0.1) is 12.0 Å². The van der Waals surface area contributed by atoms with Gasteiger partial charge in [-0.05, 0) is 115 Å². The number of carbonyl (C=O) groups is 2. The number of anilines is 1. The summed E-state index contributed by atoms with van der Waals surface area (Å²) < 4.78 is 0. The second kappa shape index (κ2) is 14.9. The SMILES string of the molecule is Cc1cc(CN2CC[C@@H](C(=O)O)C2)c(C)cc1/C=C/c1cccc(-c2cccc(NC(=O)c3ccc(CN4CC[C@@H](O)C4)cn3)c2C)c1C. The van der Waals surface area contributed by atoms with Crippen molar-refractivity contribution in [1.82, 2.24) is 14.8 Å². The summed E-state index contributed by atoms with van der Waals surface area (Å²) in [5, 5.41) is 22.2. The Kier molecular flexibility index (Phi) is 10.4. The summed E-state index contributed by atoms with van der Waals surface area (Å²) in [5.41, 5.74) is 12.4. The number of pyridine rings is 1. The zero-order valence-corrected chi connectivity index (χ0v) is 28.9. The number of β-amino-alcohol motifs (C(OH)–C–C–N with tert-alkyl or cyclic N) is 1. The molecule has 3 aromatic carbocycles. The zero-order chi connectivity index (χ0) is 34.7. The van der Waals surface area contributed by atoms with Crippen molar-refractivity contribution in [3.05, 3.63) is 117 Å². The van der Waals surface area contributed by atoms with Gasteiger partial charge in [0.15, 0.2) is 0 Å². The topological polar surface area (TPSA) is 106 Å². The molecular weight excluding hydrogens is 612 g/mol. The minimum absolute atomic E-state index is 0.252. The summed E-state index contributed by atoms with van der Waals surface area (Å²) in [4.78, 5) is 33.5. The number of aryl methyl sites for hydroxylation is 2. The Bertz CT molecular complexity index is 1880. The minimum Gasteiger partial charge on any atom is -0.481 e. The number of likely N-dealkylation sites (tertiary alicyclic amines) is 2. The van der Waals surface area contributed by atoms with Crippen molar-refractivity contribution in [2.75, 3.05) is 31.5 Å². The molecule has 0 radical (unpaired) electrons. The molecule has 1 aromatic heterocycles. The third-order valence-corrected chi connectivity index (χ3v) is 10.1. The first-order chi connectivity index (χ1) is 23.5. The van der Waals surface area contributed by atoms with E-state index in [0.29, 0.717) is 31.7 Å². The number of carboxylic acids is 1. The number of amides is 1. The van der Waals surface area contributed by atoms with Crippen LogP contribution >= 0.6 is 0 Å². The first-order valence-corrected chi connectivity index (χ1v) is 17.2. The smallest absolute Gasteiger partial charge is 0.307 e. The molecule has 2 aliphatic rings. The van der Waals surface area contributed by atoms with E-state index in [1.165, 1.54) is 16.7 Å². The first-order valence-electron chi connectivity index (χ1n) is 17.2. The van der Waals surface area contributed by atoms with Crippen LogP contribution in [0.2, 0.25) is 0 Å². The van der Waals surface area contributed by atoms with E-state index in [1.807, 2.05) is 25.1 Å². The molecule has 254 valence electrons. The summed E-state index contributed by atoms with van der Waals surface area (Å²) in [7, 11) is 0. The van der Waals surface area contributed by atoms with Crippen LogP contribution in [0.15, 0.2) is 66.9 Å². The third-order valence-electron chi connectivity index (χ3n) is 10.1. The molecule has 0 saturated carbocycles. The van der Waals surface area contributed by atoms with E-state index in [1.54, 1.807) is 12.3 Å². The molecular formula is C41H46N4O4. The molecule has 49 heavy (non-hydrogen) atoms. The summed E-state index contributed by atoms with van der Waals surface area (Å²) >= 11 is 0. The zero-order valence-electron chi connectivity index (χ0n) is 28.9. The Morgan fingerprint density at radius 3 is 2.24 bits per heavy atom. The second-order valence-electron chi connectivity index (χ2n) is 13.7. The van der Waals surface area contributed by atoms with E-state index >= 15 is 0 Å². The van der Waals surface area contributed by atoms with Gasteiger partial charge in [0.2, 0.25) is 0 Å². The van der Waals surface area contributed by atoms with Gasteiger partial charge in [-0.15, -0.1) is 0 Å². The highest BCUT2D eigenvalue weighted by atomic mass is 16.4. The number of aliphatic hydroxyl groups is 1. The van der Waals surface area contributed by atoms with Crippen molar-refractivity contribution in [2.45, 2.75) is 59.7 Å². The van der Waals surface area contributed by atoms with Gasteiger partial charge in [-0.25, -0.2) is 0 Å². The van der Waals surface area contributed by atoms with Crippen LogP contribution in [-0.2, 0) is 17.9 Å². The van der Waals surface area contributed by atoms with Gasteiger partial charge in [0.25, 0.3) is 5.91 Å². The molecule has 2 aliphatic heterocycles. The third kappa shape index (κ3) is 7.99. The van der Waals surface area contributed by atoms with E-state index < -0.39 is 5.97 Å². The Morgan fingerprint density at radius 1 is 0.837 bits per heavy atom. The van der Waals surface area contributed by atoms with E-state index in [9.17, 15) is 19.8 Å². The number of benzene rings is 3. The molecule has 2 saturated heterocycles. The number of rotatable bonds is 10. The standard InChI is InChI=1S/C41H46N4O4/c1-26-20-34(24-45-17-15-33(23-45)41(48)49)27(2)19-32(26)13-12-31-7-5-8-36(28(31)3)37-9-6-10-38(29(37)4)43-40(47)39-14-11-30(21-42-39)22-44-18-16-35(46)25-44/h5-14,19-21,33,35,46H,15-18,22-25H2,1-4H3,(H,43,47)(H,48,49)/b13-12+/t33-,35-/m1/s1. The van der Waals surface area contributed by atoms with Crippen molar-refractivity contribution >= 4 is 29.7 Å². The van der Waals surface area contributed by atoms with Crippen molar-refractivity contribution in [3.8, 4) is 11.1 Å². The van der Waals surface area contributed by atoms with Crippen molar-refractivity contribution < 1.29 is 19.8 Å². The predicted molar refractivity (Wildman–Crippen MR) is 195 cm³/mol. The second-order valence-corrected chi connectivity index (χ2v) is 13.7. The lowest BCUT2D eigenvalue weighted by Gasteiger charge is -2.18. The fourth-order valence-corrected chi connectivity index (χ4v) is 7.09. The average molecular weight is 659 g/mol. The van der Waals surface area contributed by atoms with Crippen molar-refractivity contribution in [3.63, 3.8) is 0 Å². The fraction of sp³-hybridized carbons (Fsp3) is 0.341. The lowest BCUT2D eigenvalue weighted by Crippen LogP contribution is -2.23. The number of hydrogen-bond donors (Lipinski definition) is 3. The maximum absolute atomic E-state index is 13.2. The van der Waals surface area contributed by atoms with Crippen LogP contribution in [-0.4, -0.2) is 69.2 Å². The van der Waals surface area contributed by atoms with Crippen molar-refractivity contribution in [2.24, 2.45) is 5.92 Å². The van der Waals surface area contributed by atoms with Crippen LogP contribution in [0, 0.1) is 33.6 Å². The quantitative estimate of drug-likeness (QED) is 0.160. The highest BCUT2D eigenvalue weighted by Crippen LogP contribution is 2.33. The highest BCUT2D eigenvalue weighted by molar-refractivity contribution is 6.03. The number of aromatic nitrogens is 1. The molecule has 0 unspecified atom stereocenters. The summed E-state index contributed by atoms with van der Waals surface area (Å²) in [6.07, 6.45) is 7.33. The molecule has 4 aromatic rings. The van der Waals surface area contributed by atoms with Crippen LogP contribution in [0.5, 0.6) is 0 Å². The monoisotopic (exact) mass is 658 g/mol. The van der Waals surface area contributed by atoms with Crippen LogP contribution < -0.4 is 5.32 Å². The maximum atomic E-state index is 13.2. The van der Waals surface area contributed by atoms with E-state index in [0.717, 1.165) is 70.7 Å². The van der Waals surface area contributed by atoms with Gasteiger partial charge in [-0.2, -0.15) is 0 Å². The molecule has 0 aliphatic carbocycles. The van der Waals surface area contributed by atoms with Gasteiger partial charge in [-0.1, -0.05) is 60.7 Å². The van der Waals surface area contributed by atoms with E-state index in [-0.39, 0.29) is 17.9 Å². The molecule has 3 heterocycles. The molecule has 2 fully saturated rings. The number of aliphatic carboxylic acids is 1. The highest BCUT2D eigenvalue weighted by Gasteiger charge is 2.28. The largest absolute Gasteiger partial charge is 0.481 e. The Hall–Kier alpha value is -4.63. The van der Waals surface area contributed by atoms with Gasteiger partial charge in [0, 0.05) is 44.6 Å². The van der Waals surface area contributed by atoms with Gasteiger partial charge >= 0.3 is 5.97 Å². The van der Waals surface area contributed by atoms with Gasteiger partial charge < -0.3 is 15.5 Å². The van der Waals surface area contributed by atoms with Crippen molar-refractivity contribution in [1.29, 1.82) is 0 Å². The predicted octanol–water partition coefficient (Wildman–Crippen LogP) is 6.88. The maximum Gasteiger partial charge on any atom is 0.307 e. The minimum atomic E-state index is -0.698. The van der Waals surface area contributed by atoms with Crippen LogP contribution in [0.1, 0.15) is 67.8 Å². The number of nitrogens with zero attached hydrogens (tertiary/aromatic N) is 3. The molecule has 2 atom stereocenters. The summed E-state index contributed by atoms with van der Waals surface area (Å²) in [6.45, 7) is 12.9. The summed E-state index contributed by atoms with van der Waals surface area (Å²) in [5.74, 6) is -1.22. The van der Waals surface area contributed by atoms with Crippen LogP contribution in [0.25, 0.3) is 23.3 Å².